The van der Waals surface area contributed by atoms with Gasteiger partial charge in [-0.25, -0.2) is 4.39 Å². The first-order valence-electron chi connectivity index (χ1n) is 14.8. The molecule has 3 aliphatic heterocycles. The second-order valence-corrected chi connectivity index (χ2v) is 13.9. The number of hydrogen-bond acceptors (Lipinski definition) is 6. The minimum atomic E-state index is -1.27. The van der Waals surface area contributed by atoms with Crippen molar-refractivity contribution in [3.05, 3.63) is 63.4 Å². The second-order valence-electron chi connectivity index (χ2n) is 13.1. The molecule has 8 nitrogen and oxygen atoms in total. The fourth-order valence-corrected chi connectivity index (χ4v) is 7.50. The van der Waals surface area contributed by atoms with Crippen molar-refractivity contribution in [1.29, 1.82) is 0 Å². The van der Waals surface area contributed by atoms with Gasteiger partial charge in [-0.15, -0.1) is 0 Å². The van der Waals surface area contributed by atoms with E-state index >= 15 is 4.39 Å². The predicted molar refractivity (Wildman–Crippen MR) is 165 cm³/mol. The van der Waals surface area contributed by atoms with E-state index in [-0.39, 0.29) is 34.5 Å². The number of carbonyl (C=O) groups is 3. The van der Waals surface area contributed by atoms with Crippen LogP contribution in [0.3, 0.4) is 0 Å². The average Bonchev–Trinajstić information content (AvgIpc) is 3.42. The topological polar surface area (TPSA) is 102 Å². The van der Waals surface area contributed by atoms with Crippen molar-refractivity contribution in [3.63, 3.8) is 0 Å². The molecule has 2 saturated heterocycles. The van der Waals surface area contributed by atoms with Crippen LogP contribution in [0.5, 0.6) is 0 Å². The third-order valence-electron chi connectivity index (χ3n) is 9.01. The summed E-state index contributed by atoms with van der Waals surface area (Å²) in [7, 11) is 0. The molecule has 232 valence electrons. The lowest BCUT2D eigenvalue weighted by Gasteiger charge is -2.37. The Bertz CT molecular complexity index is 1410. The quantitative estimate of drug-likeness (QED) is 0.400. The number of benzene rings is 2. The molecule has 0 saturated carbocycles. The van der Waals surface area contributed by atoms with Gasteiger partial charge < -0.3 is 20.6 Å². The number of carbonyl (C=O) groups excluding carboxylic acids is 3. The van der Waals surface area contributed by atoms with E-state index in [9.17, 15) is 14.4 Å². The van der Waals surface area contributed by atoms with Gasteiger partial charge in [0, 0.05) is 55.3 Å². The van der Waals surface area contributed by atoms with Crippen LogP contribution in [-0.4, -0.2) is 83.9 Å². The monoisotopic (exact) mass is 632 g/mol. The number of aliphatic hydroxyl groups is 1. The van der Waals surface area contributed by atoms with E-state index in [0.717, 1.165) is 5.56 Å². The van der Waals surface area contributed by atoms with Gasteiger partial charge in [0.1, 0.15) is 23.6 Å². The lowest BCUT2D eigenvalue weighted by Crippen LogP contribution is -2.49. The van der Waals surface area contributed by atoms with Crippen molar-refractivity contribution in [2.45, 2.75) is 63.5 Å². The number of hydrogen-bond donors (Lipinski definition) is 3. The SMILES string of the molecule is CC(C)(C)C[C@H]1N[C@@H](C(=O)CCCN2CCN(C(=O)CO)CC2)[C@H](c2cccc(Cl)c2)[C@@]12C(=O)Nc1cc(Cl)c(F)cc12. The smallest absolute Gasteiger partial charge is 0.248 e. The van der Waals surface area contributed by atoms with Crippen LogP contribution in [0.1, 0.15) is 57.1 Å². The van der Waals surface area contributed by atoms with Crippen molar-refractivity contribution in [2.75, 3.05) is 44.6 Å². The molecule has 0 unspecified atom stereocenters. The zero-order valence-electron chi connectivity index (χ0n) is 24.8. The number of aliphatic hydroxyl groups excluding tert-OH is 1. The highest BCUT2D eigenvalue weighted by molar-refractivity contribution is 6.31. The molecule has 0 radical (unpaired) electrons. The van der Waals surface area contributed by atoms with E-state index in [1.807, 2.05) is 6.07 Å². The number of nitrogens with one attached hydrogen (secondary N) is 2. The average molecular weight is 634 g/mol. The van der Waals surface area contributed by atoms with Gasteiger partial charge in [0.15, 0.2) is 0 Å². The van der Waals surface area contributed by atoms with Gasteiger partial charge in [0.2, 0.25) is 11.8 Å². The molecule has 3 heterocycles. The van der Waals surface area contributed by atoms with E-state index in [1.165, 1.54) is 12.1 Å². The van der Waals surface area contributed by atoms with Crippen LogP contribution in [-0.2, 0) is 19.8 Å². The Labute approximate surface area is 261 Å². The standard InChI is InChI=1S/C32H39Cl2FN4O4/c1-31(2,3)17-26-32(21-15-23(35)22(34)16-24(21)36-30(32)43)28(19-6-4-7-20(33)14-19)29(37-26)25(41)8-5-9-38-10-12-39(13-11-38)27(42)18-40/h4,6-7,14-16,26,28-29,37,40H,5,8-13,17-18H2,1-3H3,(H,36,43)/t26-,28+,29+,32+/m1/s1. The van der Waals surface area contributed by atoms with Crippen LogP contribution in [0.4, 0.5) is 10.1 Å². The Kier molecular flexibility index (Phi) is 9.22. The van der Waals surface area contributed by atoms with E-state index in [0.29, 0.717) is 61.8 Å². The van der Waals surface area contributed by atoms with Gasteiger partial charge in [0.05, 0.1) is 11.1 Å². The summed E-state index contributed by atoms with van der Waals surface area (Å²) in [4.78, 5) is 44.0. The second kappa shape index (κ2) is 12.4. The lowest BCUT2D eigenvalue weighted by molar-refractivity contribution is -0.135. The lowest BCUT2D eigenvalue weighted by atomic mass is 9.62. The molecule has 2 amide bonds. The van der Waals surface area contributed by atoms with E-state index in [2.05, 4.69) is 36.3 Å². The molecule has 1 spiro atoms. The highest BCUT2D eigenvalue weighted by Gasteiger charge is 2.65. The largest absolute Gasteiger partial charge is 0.387 e. The predicted octanol–water partition coefficient (Wildman–Crippen LogP) is 4.37. The van der Waals surface area contributed by atoms with Crippen LogP contribution in [0, 0.1) is 11.2 Å². The number of rotatable bonds is 8. The molecule has 3 N–H and O–H groups in total. The Hall–Kier alpha value is -2.56. The van der Waals surface area contributed by atoms with Gasteiger partial charge in [-0.1, -0.05) is 56.1 Å². The van der Waals surface area contributed by atoms with Gasteiger partial charge in [0.25, 0.3) is 0 Å². The molecular weight excluding hydrogens is 594 g/mol. The molecule has 3 aliphatic rings. The van der Waals surface area contributed by atoms with Crippen LogP contribution < -0.4 is 10.6 Å². The zero-order valence-corrected chi connectivity index (χ0v) is 26.3. The van der Waals surface area contributed by atoms with Gasteiger partial charge in [-0.3, -0.25) is 19.3 Å². The molecule has 2 aromatic rings. The third kappa shape index (κ3) is 6.20. The Morgan fingerprint density at radius 2 is 1.84 bits per heavy atom. The first-order valence-corrected chi connectivity index (χ1v) is 15.6. The summed E-state index contributed by atoms with van der Waals surface area (Å²) < 4.78 is 15.1. The number of piperazine rings is 1. The zero-order chi connectivity index (χ0) is 31.1. The van der Waals surface area contributed by atoms with Crippen molar-refractivity contribution >= 4 is 46.5 Å². The van der Waals surface area contributed by atoms with E-state index in [4.69, 9.17) is 28.3 Å². The first kappa shape index (κ1) is 31.9. The summed E-state index contributed by atoms with van der Waals surface area (Å²) in [6, 6.07) is 8.85. The molecule has 2 fully saturated rings. The molecule has 4 atom stereocenters. The molecule has 0 aromatic heterocycles. The van der Waals surface area contributed by atoms with E-state index < -0.39 is 35.8 Å². The number of Topliss-reactive ketones (excluding diaryl/α,β-unsaturated/α-hetero) is 1. The Morgan fingerprint density at radius 1 is 1.12 bits per heavy atom. The van der Waals surface area contributed by atoms with Crippen molar-refractivity contribution in [2.24, 2.45) is 5.41 Å². The number of ketones is 1. The number of halogens is 3. The molecule has 5 rings (SSSR count). The maximum atomic E-state index is 15.1. The summed E-state index contributed by atoms with van der Waals surface area (Å²) in [6.45, 7) is 8.87. The molecule has 0 aliphatic carbocycles. The van der Waals surface area contributed by atoms with Gasteiger partial charge >= 0.3 is 0 Å². The maximum Gasteiger partial charge on any atom is 0.248 e. The van der Waals surface area contributed by atoms with E-state index in [1.54, 1.807) is 23.1 Å². The molecule has 11 heteroatoms. The van der Waals surface area contributed by atoms with Gasteiger partial charge in [-0.2, -0.15) is 0 Å². The Balaban J connectivity index is 1.47. The number of anilines is 1. The fraction of sp³-hybridized carbons (Fsp3) is 0.531. The number of nitrogens with zero attached hydrogens (tertiary/aromatic N) is 2. The van der Waals surface area contributed by atoms with Crippen LogP contribution in [0.25, 0.3) is 0 Å². The normalized spacial score (nSPS) is 25.7. The summed E-state index contributed by atoms with van der Waals surface area (Å²) in [5.41, 5.74) is 0.203. The van der Waals surface area contributed by atoms with Crippen LogP contribution in [0.15, 0.2) is 36.4 Å². The van der Waals surface area contributed by atoms with Crippen molar-refractivity contribution in [1.82, 2.24) is 15.1 Å². The highest BCUT2D eigenvalue weighted by Crippen LogP contribution is 2.57. The first-order chi connectivity index (χ1) is 20.3. The van der Waals surface area contributed by atoms with Crippen LogP contribution >= 0.6 is 23.2 Å². The molecule has 2 aromatic carbocycles. The maximum absolute atomic E-state index is 15.1. The minimum Gasteiger partial charge on any atom is -0.387 e. The highest BCUT2D eigenvalue weighted by atomic mass is 35.5. The number of fused-ring (bicyclic) bond motifs is 2. The minimum absolute atomic E-state index is 0.0226. The summed E-state index contributed by atoms with van der Waals surface area (Å²) >= 11 is 12.6. The van der Waals surface area contributed by atoms with Crippen LogP contribution in [0.2, 0.25) is 10.0 Å². The Morgan fingerprint density at radius 3 is 2.49 bits per heavy atom. The van der Waals surface area contributed by atoms with Crippen molar-refractivity contribution < 1.29 is 23.9 Å². The number of amides is 2. The summed E-state index contributed by atoms with van der Waals surface area (Å²) in [5, 5.41) is 16.1. The summed E-state index contributed by atoms with van der Waals surface area (Å²) in [5.74, 6) is -1.84. The summed E-state index contributed by atoms with van der Waals surface area (Å²) in [6.07, 6.45) is 1.45. The van der Waals surface area contributed by atoms with Gasteiger partial charge in [-0.05, 0) is 60.2 Å². The molecule has 0 bridgehead atoms. The third-order valence-corrected chi connectivity index (χ3v) is 9.54. The van der Waals surface area contributed by atoms with Crippen molar-refractivity contribution in [3.8, 4) is 0 Å². The molecular formula is C32H39Cl2FN4O4. The molecule has 43 heavy (non-hydrogen) atoms. The fourth-order valence-electron chi connectivity index (χ4n) is 7.14.